The van der Waals surface area contributed by atoms with E-state index in [1.165, 1.54) is 11.3 Å². The molecule has 0 aromatic carbocycles. The van der Waals surface area contributed by atoms with Crippen LogP contribution in [0.5, 0.6) is 0 Å². The Morgan fingerprint density at radius 2 is 2.00 bits per heavy atom. The lowest BCUT2D eigenvalue weighted by Gasteiger charge is -2.22. The van der Waals surface area contributed by atoms with Crippen molar-refractivity contribution in [3.63, 3.8) is 0 Å². The van der Waals surface area contributed by atoms with Gasteiger partial charge in [0.05, 0.1) is 18.7 Å². The van der Waals surface area contributed by atoms with Crippen molar-refractivity contribution in [2.75, 3.05) is 53.0 Å². The van der Waals surface area contributed by atoms with Crippen LogP contribution in [0.1, 0.15) is 16.8 Å². The lowest BCUT2D eigenvalue weighted by atomic mass is 10.3. The minimum Gasteiger partial charge on any atom is -0.383 e. The highest BCUT2D eigenvalue weighted by Crippen LogP contribution is 2.12. The molecule has 0 bridgehead atoms. The third-order valence-corrected chi connectivity index (χ3v) is 4.35. The quantitative estimate of drug-likeness (QED) is 0.770. The van der Waals surface area contributed by atoms with Gasteiger partial charge in [0.15, 0.2) is 0 Å². The Labute approximate surface area is 147 Å². The van der Waals surface area contributed by atoms with Crippen molar-refractivity contribution in [1.82, 2.24) is 15.1 Å². The predicted octanol–water partition coefficient (Wildman–Crippen LogP) is 1.08. The van der Waals surface area contributed by atoms with E-state index < -0.39 is 0 Å². The Kier molecular flexibility index (Phi) is 9.16. The van der Waals surface area contributed by atoms with Gasteiger partial charge in [-0.25, -0.2) is 0 Å². The molecule has 1 aliphatic rings. The van der Waals surface area contributed by atoms with E-state index in [2.05, 4.69) is 5.32 Å². The van der Waals surface area contributed by atoms with Crippen LogP contribution in [0.4, 0.5) is 0 Å². The van der Waals surface area contributed by atoms with E-state index in [9.17, 15) is 9.59 Å². The average Bonchev–Trinajstić information content (AvgIpc) is 2.95. The van der Waals surface area contributed by atoms with E-state index >= 15 is 0 Å². The number of carbonyl (C=O) groups is 2. The largest absolute Gasteiger partial charge is 0.383 e. The third kappa shape index (κ3) is 6.10. The summed E-state index contributed by atoms with van der Waals surface area (Å²) in [6.45, 7) is 4.18. The zero-order chi connectivity index (χ0) is 15.8. The van der Waals surface area contributed by atoms with Crippen molar-refractivity contribution in [3.05, 3.63) is 22.4 Å². The van der Waals surface area contributed by atoms with Crippen LogP contribution in [-0.2, 0) is 9.53 Å². The fourth-order valence-electron chi connectivity index (χ4n) is 2.42. The first kappa shape index (κ1) is 19.9. The van der Waals surface area contributed by atoms with Crippen molar-refractivity contribution < 1.29 is 14.3 Å². The van der Waals surface area contributed by atoms with Crippen LogP contribution in [0.15, 0.2) is 16.8 Å². The number of nitrogens with zero attached hydrogens (tertiary/aromatic N) is 2. The van der Waals surface area contributed by atoms with Gasteiger partial charge in [-0.1, -0.05) is 0 Å². The maximum Gasteiger partial charge on any atom is 0.254 e. The van der Waals surface area contributed by atoms with Crippen LogP contribution in [0.2, 0.25) is 0 Å². The number of ether oxygens (including phenoxy) is 1. The second-order valence-electron chi connectivity index (χ2n) is 5.21. The SMILES string of the molecule is COCCNCC(=O)N1CCCN(C(=O)c2ccsc2)CC1.Cl. The summed E-state index contributed by atoms with van der Waals surface area (Å²) in [6, 6.07) is 1.85. The molecule has 1 N–H and O–H groups in total. The van der Waals surface area contributed by atoms with Gasteiger partial charge >= 0.3 is 0 Å². The summed E-state index contributed by atoms with van der Waals surface area (Å²) in [5, 5.41) is 6.84. The number of nitrogens with one attached hydrogen (secondary N) is 1. The lowest BCUT2D eigenvalue weighted by Crippen LogP contribution is -2.41. The van der Waals surface area contributed by atoms with E-state index in [0.29, 0.717) is 45.9 Å². The standard InChI is InChI=1S/C15H23N3O3S.ClH/c1-21-9-4-16-11-14(19)17-5-2-6-18(8-7-17)15(20)13-3-10-22-12-13;/h3,10,12,16H,2,4-9,11H2,1H3;1H. The Morgan fingerprint density at radius 3 is 2.70 bits per heavy atom. The topological polar surface area (TPSA) is 61.9 Å². The zero-order valence-corrected chi connectivity index (χ0v) is 15.0. The van der Waals surface area contributed by atoms with Crippen LogP contribution in [0.25, 0.3) is 0 Å². The normalized spacial score (nSPS) is 15.0. The van der Waals surface area contributed by atoms with Gasteiger partial charge in [-0.3, -0.25) is 9.59 Å². The van der Waals surface area contributed by atoms with Crippen molar-refractivity contribution >= 4 is 35.6 Å². The summed E-state index contributed by atoms with van der Waals surface area (Å²) in [5.41, 5.74) is 0.742. The molecule has 0 radical (unpaired) electrons. The summed E-state index contributed by atoms with van der Waals surface area (Å²) in [4.78, 5) is 28.2. The maximum atomic E-state index is 12.3. The number of rotatable bonds is 6. The van der Waals surface area contributed by atoms with Gasteiger partial charge in [0.2, 0.25) is 5.91 Å². The molecule has 0 unspecified atom stereocenters. The summed E-state index contributed by atoms with van der Waals surface area (Å²) < 4.78 is 4.93. The van der Waals surface area contributed by atoms with E-state index in [4.69, 9.17) is 4.74 Å². The van der Waals surface area contributed by atoms with Gasteiger partial charge in [-0.15, -0.1) is 12.4 Å². The molecule has 0 spiro atoms. The third-order valence-electron chi connectivity index (χ3n) is 3.66. The molecule has 23 heavy (non-hydrogen) atoms. The number of amides is 2. The van der Waals surface area contributed by atoms with E-state index in [1.807, 2.05) is 26.6 Å². The van der Waals surface area contributed by atoms with E-state index in [-0.39, 0.29) is 24.2 Å². The molecule has 2 amide bonds. The van der Waals surface area contributed by atoms with Gasteiger partial charge in [0, 0.05) is 45.2 Å². The summed E-state index contributed by atoms with van der Waals surface area (Å²) in [5.74, 6) is 0.148. The van der Waals surface area contributed by atoms with Crippen LogP contribution < -0.4 is 5.32 Å². The Hall–Kier alpha value is -1.15. The van der Waals surface area contributed by atoms with Gasteiger partial charge in [-0.05, 0) is 17.9 Å². The summed E-state index contributed by atoms with van der Waals surface area (Å²) in [6.07, 6.45) is 0.819. The van der Waals surface area contributed by atoms with Crippen LogP contribution in [-0.4, -0.2) is 74.6 Å². The molecule has 6 nitrogen and oxygen atoms in total. The van der Waals surface area contributed by atoms with Gasteiger partial charge in [0.25, 0.3) is 5.91 Å². The van der Waals surface area contributed by atoms with Gasteiger partial charge < -0.3 is 19.9 Å². The minimum absolute atomic E-state index is 0. The number of halogens is 1. The average molecular weight is 362 g/mol. The lowest BCUT2D eigenvalue weighted by molar-refractivity contribution is -0.130. The first-order chi connectivity index (χ1) is 10.7. The second kappa shape index (κ2) is 10.6. The van der Waals surface area contributed by atoms with Crippen molar-refractivity contribution in [3.8, 4) is 0 Å². The molecule has 8 heteroatoms. The molecular weight excluding hydrogens is 338 g/mol. The molecule has 0 atom stereocenters. The Balaban J connectivity index is 0.00000264. The van der Waals surface area contributed by atoms with E-state index in [1.54, 1.807) is 7.11 Å². The van der Waals surface area contributed by atoms with Crippen LogP contribution in [0, 0.1) is 0 Å². The summed E-state index contributed by atoms with van der Waals surface area (Å²) >= 11 is 1.53. The Bertz CT molecular complexity index is 484. The molecule has 1 aromatic rings. The molecule has 0 aliphatic carbocycles. The molecule has 2 heterocycles. The van der Waals surface area contributed by atoms with Crippen LogP contribution in [0.3, 0.4) is 0 Å². The van der Waals surface area contributed by atoms with Crippen LogP contribution >= 0.6 is 23.7 Å². The van der Waals surface area contributed by atoms with Gasteiger partial charge in [-0.2, -0.15) is 11.3 Å². The van der Waals surface area contributed by atoms with Crippen molar-refractivity contribution in [2.45, 2.75) is 6.42 Å². The first-order valence-electron chi connectivity index (χ1n) is 7.51. The fourth-order valence-corrected chi connectivity index (χ4v) is 3.05. The highest BCUT2D eigenvalue weighted by atomic mass is 35.5. The van der Waals surface area contributed by atoms with Crippen molar-refractivity contribution in [2.24, 2.45) is 0 Å². The second-order valence-corrected chi connectivity index (χ2v) is 5.99. The maximum absolute atomic E-state index is 12.3. The van der Waals surface area contributed by atoms with E-state index in [0.717, 1.165) is 12.0 Å². The van der Waals surface area contributed by atoms with Gasteiger partial charge in [0.1, 0.15) is 0 Å². The van der Waals surface area contributed by atoms with Crippen molar-refractivity contribution in [1.29, 1.82) is 0 Å². The molecule has 2 rings (SSSR count). The predicted molar refractivity (Wildman–Crippen MR) is 93.4 cm³/mol. The molecule has 1 fully saturated rings. The molecule has 1 saturated heterocycles. The number of methoxy groups -OCH3 is 1. The minimum atomic E-state index is 0. The number of hydrogen-bond acceptors (Lipinski definition) is 5. The smallest absolute Gasteiger partial charge is 0.254 e. The molecular formula is C15H24ClN3O3S. The monoisotopic (exact) mass is 361 g/mol. The molecule has 130 valence electrons. The Morgan fingerprint density at radius 1 is 1.26 bits per heavy atom. The number of thiophene rings is 1. The highest BCUT2D eigenvalue weighted by Gasteiger charge is 2.22. The number of hydrogen-bond donors (Lipinski definition) is 1. The molecule has 0 saturated carbocycles. The first-order valence-corrected chi connectivity index (χ1v) is 8.45. The zero-order valence-electron chi connectivity index (χ0n) is 13.3. The molecule has 1 aromatic heterocycles. The summed E-state index contributed by atoms with van der Waals surface area (Å²) in [7, 11) is 1.64. The number of carbonyl (C=O) groups excluding carboxylic acids is 2. The molecule has 1 aliphatic heterocycles. The highest BCUT2D eigenvalue weighted by molar-refractivity contribution is 7.08. The fraction of sp³-hybridized carbons (Fsp3) is 0.600.